The number of benzene rings is 2. The summed E-state index contributed by atoms with van der Waals surface area (Å²) >= 11 is 7.04. The summed E-state index contributed by atoms with van der Waals surface area (Å²) < 4.78 is 5.16. The number of ether oxygens (including phenoxy) is 1. The lowest BCUT2D eigenvalue weighted by Crippen LogP contribution is -2.03. The molecule has 0 aliphatic heterocycles. The second kappa shape index (κ2) is 8.03. The Balaban J connectivity index is 1.95. The highest BCUT2D eigenvalue weighted by Gasteiger charge is 2.24. The maximum Gasteiger partial charge on any atom is 0.343 e. The third kappa shape index (κ3) is 4.22. The van der Waals surface area contributed by atoms with Crippen LogP contribution in [0.3, 0.4) is 0 Å². The van der Waals surface area contributed by atoms with Crippen molar-refractivity contribution in [2.45, 2.75) is 9.92 Å². The highest BCUT2D eigenvalue weighted by molar-refractivity contribution is 7.99. The van der Waals surface area contributed by atoms with Crippen LogP contribution in [-0.4, -0.2) is 22.0 Å². The molecule has 1 aromatic heterocycles. The molecule has 9 heteroatoms. The van der Waals surface area contributed by atoms with Crippen LogP contribution in [-0.2, 0) is 0 Å². The first-order valence-electron chi connectivity index (χ1n) is 7.40. The Bertz CT molecular complexity index is 938. The van der Waals surface area contributed by atoms with Gasteiger partial charge in [0.25, 0.3) is 0 Å². The highest BCUT2D eigenvalue weighted by atomic mass is 35.5. The van der Waals surface area contributed by atoms with E-state index in [4.69, 9.17) is 16.3 Å². The van der Waals surface area contributed by atoms with Gasteiger partial charge in [-0.1, -0.05) is 29.4 Å². The van der Waals surface area contributed by atoms with Gasteiger partial charge in [-0.05, 0) is 36.4 Å². The molecule has 0 saturated heterocycles. The lowest BCUT2D eigenvalue weighted by atomic mass is 10.3. The van der Waals surface area contributed by atoms with Crippen molar-refractivity contribution < 1.29 is 9.66 Å². The van der Waals surface area contributed by atoms with Gasteiger partial charge in [0, 0.05) is 21.7 Å². The molecule has 7 nitrogen and oxygen atoms in total. The van der Waals surface area contributed by atoms with Crippen LogP contribution in [0.4, 0.5) is 17.2 Å². The average molecular weight is 389 g/mol. The molecule has 0 radical (unpaired) electrons. The van der Waals surface area contributed by atoms with E-state index in [1.807, 2.05) is 0 Å². The van der Waals surface area contributed by atoms with Crippen LogP contribution in [0, 0.1) is 10.1 Å². The number of halogens is 1. The maximum atomic E-state index is 11.6. The number of anilines is 2. The number of rotatable bonds is 6. The number of aromatic nitrogens is 2. The van der Waals surface area contributed by atoms with Gasteiger partial charge < -0.3 is 10.1 Å². The van der Waals surface area contributed by atoms with E-state index in [0.717, 1.165) is 4.90 Å². The lowest BCUT2D eigenvalue weighted by molar-refractivity contribution is -0.387. The second-order valence-corrected chi connectivity index (χ2v) is 6.54. The number of hydrogen-bond acceptors (Lipinski definition) is 7. The van der Waals surface area contributed by atoms with E-state index < -0.39 is 4.92 Å². The molecular weight excluding hydrogens is 376 g/mol. The third-order valence-electron chi connectivity index (χ3n) is 3.33. The fourth-order valence-corrected chi connectivity index (χ4v) is 3.13. The summed E-state index contributed by atoms with van der Waals surface area (Å²) in [6.45, 7) is 0. The molecule has 0 atom stereocenters. The van der Waals surface area contributed by atoms with Gasteiger partial charge in [0.15, 0.2) is 5.03 Å². The number of nitrogens with one attached hydrogen (secondary N) is 1. The van der Waals surface area contributed by atoms with E-state index in [0.29, 0.717) is 16.5 Å². The van der Waals surface area contributed by atoms with Crippen LogP contribution in [0.25, 0.3) is 0 Å². The second-order valence-electron chi connectivity index (χ2n) is 5.05. The summed E-state index contributed by atoms with van der Waals surface area (Å²) in [7, 11) is 1.55. The molecule has 0 aliphatic carbocycles. The van der Waals surface area contributed by atoms with Crippen molar-refractivity contribution in [1.29, 1.82) is 0 Å². The Morgan fingerprint density at radius 2 is 1.96 bits per heavy atom. The number of nitro groups is 1. The normalized spacial score (nSPS) is 10.4. The molecular formula is C17H13ClN4O3S. The first-order valence-corrected chi connectivity index (χ1v) is 8.60. The van der Waals surface area contributed by atoms with E-state index in [9.17, 15) is 10.1 Å². The predicted molar refractivity (Wildman–Crippen MR) is 101 cm³/mol. The maximum absolute atomic E-state index is 11.6. The van der Waals surface area contributed by atoms with E-state index in [1.165, 1.54) is 18.1 Å². The summed E-state index contributed by atoms with van der Waals surface area (Å²) in [4.78, 5) is 20.0. The zero-order chi connectivity index (χ0) is 18.5. The smallest absolute Gasteiger partial charge is 0.343 e. The first kappa shape index (κ1) is 18.0. The Kier molecular flexibility index (Phi) is 5.55. The molecule has 0 saturated carbocycles. The largest absolute Gasteiger partial charge is 0.497 e. The molecule has 0 unspecified atom stereocenters. The van der Waals surface area contributed by atoms with Crippen LogP contribution in [0.1, 0.15) is 0 Å². The van der Waals surface area contributed by atoms with Crippen molar-refractivity contribution >= 4 is 40.6 Å². The summed E-state index contributed by atoms with van der Waals surface area (Å²) in [5.41, 5.74) is 0.420. The van der Waals surface area contributed by atoms with Gasteiger partial charge in [0.2, 0.25) is 5.82 Å². The number of methoxy groups -OCH3 is 1. The van der Waals surface area contributed by atoms with Gasteiger partial charge in [0.1, 0.15) is 12.1 Å². The van der Waals surface area contributed by atoms with E-state index in [-0.39, 0.29) is 16.5 Å². The quantitative estimate of drug-likeness (QED) is 0.363. The first-order chi connectivity index (χ1) is 12.6. The monoisotopic (exact) mass is 388 g/mol. The van der Waals surface area contributed by atoms with Crippen molar-refractivity contribution in [2.24, 2.45) is 0 Å². The summed E-state index contributed by atoms with van der Waals surface area (Å²) in [5, 5.41) is 15.4. The van der Waals surface area contributed by atoms with E-state index >= 15 is 0 Å². The predicted octanol–water partition coefficient (Wildman–Crippen LogP) is 4.94. The SMILES string of the molecule is COc1cccc(Nc2ncnc(Sc3ccc(Cl)cc3)c2[N+](=O)[O-])c1. The minimum Gasteiger partial charge on any atom is -0.497 e. The molecule has 0 aliphatic rings. The van der Waals surface area contributed by atoms with Gasteiger partial charge in [-0.2, -0.15) is 0 Å². The Morgan fingerprint density at radius 3 is 2.65 bits per heavy atom. The molecule has 0 amide bonds. The van der Waals surface area contributed by atoms with Crippen molar-refractivity contribution in [1.82, 2.24) is 9.97 Å². The zero-order valence-corrected chi connectivity index (χ0v) is 15.1. The summed E-state index contributed by atoms with van der Waals surface area (Å²) in [6.07, 6.45) is 1.29. The van der Waals surface area contributed by atoms with Gasteiger partial charge in [-0.15, -0.1) is 0 Å². The van der Waals surface area contributed by atoms with Crippen molar-refractivity contribution in [3.05, 3.63) is 70.0 Å². The Labute approximate surface area is 158 Å². The van der Waals surface area contributed by atoms with Gasteiger partial charge in [0.05, 0.1) is 12.0 Å². The number of hydrogen-bond donors (Lipinski definition) is 1. The van der Waals surface area contributed by atoms with Gasteiger partial charge in [-0.25, -0.2) is 9.97 Å². The van der Waals surface area contributed by atoms with Crippen LogP contribution < -0.4 is 10.1 Å². The molecule has 0 spiro atoms. The standard InChI is InChI=1S/C17H13ClN4O3S/c1-25-13-4-2-3-12(9-13)21-16-15(22(23)24)17(20-10-19-16)26-14-7-5-11(18)6-8-14/h2-10H,1H3,(H,19,20,21). The lowest BCUT2D eigenvalue weighted by Gasteiger charge is -2.09. The Morgan fingerprint density at radius 1 is 1.19 bits per heavy atom. The molecule has 132 valence electrons. The van der Waals surface area contributed by atoms with Crippen LogP contribution >= 0.6 is 23.4 Å². The molecule has 1 N–H and O–H groups in total. The van der Waals surface area contributed by atoms with E-state index in [1.54, 1.807) is 55.6 Å². The summed E-state index contributed by atoms with van der Waals surface area (Å²) in [5.74, 6) is 0.734. The van der Waals surface area contributed by atoms with Gasteiger partial charge >= 0.3 is 5.69 Å². The molecule has 3 aromatic rings. The average Bonchev–Trinajstić information content (AvgIpc) is 2.64. The molecule has 3 rings (SSSR count). The van der Waals surface area contributed by atoms with Crippen molar-refractivity contribution in [3.8, 4) is 5.75 Å². The number of nitrogens with zero attached hydrogens (tertiary/aromatic N) is 3. The molecule has 26 heavy (non-hydrogen) atoms. The van der Waals surface area contributed by atoms with Crippen LogP contribution in [0.15, 0.2) is 64.8 Å². The fourth-order valence-electron chi connectivity index (χ4n) is 2.15. The topological polar surface area (TPSA) is 90.2 Å². The zero-order valence-electron chi connectivity index (χ0n) is 13.5. The van der Waals surface area contributed by atoms with Crippen LogP contribution in [0.2, 0.25) is 5.02 Å². The molecule has 1 heterocycles. The van der Waals surface area contributed by atoms with Gasteiger partial charge in [-0.3, -0.25) is 10.1 Å². The van der Waals surface area contributed by atoms with Crippen molar-refractivity contribution in [2.75, 3.05) is 12.4 Å². The molecule has 0 fully saturated rings. The Hall–Kier alpha value is -2.84. The third-order valence-corrected chi connectivity index (χ3v) is 4.58. The molecule has 2 aromatic carbocycles. The minimum atomic E-state index is -0.499. The van der Waals surface area contributed by atoms with Crippen LogP contribution in [0.5, 0.6) is 5.75 Å². The highest BCUT2D eigenvalue weighted by Crippen LogP contribution is 2.37. The fraction of sp³-hybridized carbons (Fsp3) is 0.0588. The van der Waals surface area contributed by atoms with Crippen molar-refractivity contribution in [3.63, 3.8) is 0 Å². The minimum absolute atomic E-state index is 0.106. The van der Waals surface area contributed by atoms with E-state index in [2.05, 4.69) is 15.3 Å². The molecule has 0 bridgehead atoms. The summed E-state index contributed by atoms with van der Waals surface area (Å²) in [6, 6.07) is 14.0.